The van der Waals surface area contributed by atoms with E-state index in [0.29, 0.717) is 19.5 Å². The van der Waals surface area contributed by atoms with Gasteiger partial charge in [-0.3, -0.25) is 4.79 Å². The van der Waals surface area contributed by atoms with Gasteiger partial charge in [-0.25, -0.2) is 0 Å². The van der Waals surface area contributed by atoms with Crippen LogP contribution in [0.3, 0.4) is 0 Å². The maximum atomic E-state index is 12.6. The standard InChI is InChI=1S/C17H26N2O2/c1-12-14(16(21)19-9-8-13(20)10-19)6-5-7-15(12)18-11-17(2,3)4/h5-7,13,18,20H,8-11H2,1-4H3/t13-/m1/s1. The molecule has 4 nitrogen and oxygen atoms in total. The first-order valence-electron chi connectivity index (χ1n) is 7.59. The number of hydrogen-bond acceptors (Lipinski definition) is 3. The second kappa shape index (κ2) is 6.06. The highest BCUT2D eigenvalue weighted by atomic mass is 16.3. The van der Waals surface area contributed by atoms with E-state index in [1.165, 1.54) is 0 Å². The molecule has 1 fully saturated rings. The highest BCUT2D eigenvalue weighted by Gasteiger charge is 2.26. The Bertz CT molecular complexity index is 520. The van der Waals surface area contributed by atoms with Crippen LogP contribution < -0.4 is 5.32 Å². The zero-order valence-electron chi connectivity index (χ0n) is 13.4. The number of β-amino-alcohol motifs (C(OH)–C–C–N with tert-alkyl or cyclic N) is 1. The fraction of sp³-hybridized carbons (Fsp3) is 0.588. The molecular weight excluding hydrogens is 264 g/mol. The number of benzene rings is 1. The van der Waals surface area contributed by atoms with Crippen molar-refractivity contribution in [1.29, 1.82) is 0 Å². The normalized spacial score (nSPS) is 18.9. The molecule has 0 spiro atoms. The minimum absolute atomic E-state index is 0.0171. The van der Waals surface area contributed by atoms with Gasteiger partial charge in [0.25, 0.3) is 5.91 Å². The van der Waals surface area contributed by atoms with Crippen LogP contribution in [0.5, 0.6) is 0 Å². The van der Waals surface area contributed by atoms with E-state index >= 15 is 0 Å². The van der Waals surface area contributed by atoms with Gasteiger partial charge in [-0.15, -0.1) is 0 Å². The van der Waals surface area contributed by atoms with Crippen LogP contribution in [0, 0.1) is 12.3 Å². The molecule has 0 aliphatic carbocycles. The number of anilines is 1. The van der Waals surface area contributed by atoms with E-state index in [4.69, 9.17) is 0 Å². The summed E-state index contributed by atoms with van der Waals surface area (Å²) in [5.41, 5.74) is 2.90. The lowest BCUT2D eigenvalue weighted by atomic mass is 9.96. The lowest BCUT2D eigenvalue weighted by Gasteiger charge is -2.22. The van der Waals surface area contributed by atoms with Crippen molar-refractivity contribution in [2.75, 3.05) is 25.0 Å². The predicted octanol–water partition coefficient (Wildman–Crippen LogP) is 2.66. The van der Waals surface area contributed by atoms with Crippen molar-refractivity contribution in [2.24, 2.45) is 5.41 Å². The maximum Gasteiger partial charge on any atom is 0.254 e. The summed E-state index contributed by atoms with van der Waals surface area (Å²) in [7, 11) is 0. The Morgan fingerprint density at radius 2 is 2.14 bits per heavy atom. The van der Waals surface area contributed by atoms with E-state index < -0.39 is 0 Å². The topological polar surface area (TPSA) is 52.6 Å². The van der Waals surface area contributed by atoms with Gasteiger partial charge < -0.3 is 15.3 Å². The van der Waals surface area contributed by atoms with Gasteiger partial charge in [0, 0.05) is 30.9 Å². The van der Waals surface area contributed by atoms with Gasteiger partial charge in [0.2, 0.25) is 0 Å². The number of rotatable bonds is 3. The van der Waals surface area contributed by atoms with Crippen LogP contribution >= 0.6 is 0 Å². The summed E-state index contributed by atoms with van der Waals surface area (Å²) in [4.78, 5) is 14.3. The van der Waals surface area contributed by atoms with Crippen molar-refractivity contribution in [3.05, 3.63) is 29.3 Å². The average Bonchev–Trinajstić information content (AvgIpc) is 2.82. The summed E-state index contributed by atoms with van der Waals surface area (Å²) < 4.78 is 0. The van der Waals surface area contributed by atoms with Gasteiger partial charge in [0.1, 0.15) is 0 Å². The number of hydrogen-bond donors (Lipinski definition) is 2. The maximum absolute atomic E-state index is 12.6. The van der Waals surface area contributed by atoms with E-state index in [0.717, 1.165) is 23.4 Å². The smallest absolute Gasteiger partial charge is 0.254 e. The molecule has 0 saturated carbocycles. The molecule has 1 amide bonds. The van der Waals surface area contributed by atoms with E-state index in [1.807, 2.05) is 25.1 Å². The van der Waals surface area contributed by atoms with E-state index in [-0.39, 0.29) is 17.4 Å². The number of nitrogens with zero attached hydrogens (tertiary/aromatic N) is 1. The fourth-order valence-electron chi connectivity index (χ4n) is 2.52. The lowest BCUT2D eigenvalue weighted by molar-refractivity contribution is 0.0764. The molecular formula is C17H26N2O2. The second-order valence-corrected chi connectivity index (χ2v) is 7.09. The number of aliphatic hydroxyl groups excluding tert-OH is 1. The molecule has 21 heavy (non-hydrogen) atoms. The molecule has 0 radical (unpaired) electrons. The second-order valence-electron chi connectivity index (χ2n) is 7.09. The van der Waals surface area contributed by atoms with E-state index in [2.05, 4.69) is 26.1 Å². The van der Waals surface area contributed by atoms with Crippen LogP contribution in [0.4, 0.5) is 5.69 Å². The van der Waals surface area contributed by atoms with Crippen molar-refractivity contribution < 1.29 is 9.90 Å². The molecule has 0 aromatic heterocycles. The molecule has 2 rings (SSSR count). The van der Waals surface area contributed by atoms with Crippen LogP contribution in [0.15, 0.2) is 18.2 Å². The number of nitrogens with one attached hydrogen (secondary N) is 1. The summed E-state index contributed by atoms with van der Waals surface area (Å²) in [6.45, 7) is 10.4. The first-order valence-corrected chi connectivity index (χ1v) is 7.59. The number of carbonyl (C=O) groups is 1. The van der Waals surface area contributed by atoms with Crippen LogP contribution in [0.1, 0.15) is 43.1 Å². The van der Waals surface area contributed by atoms with Gasteiger partial charge in [-0.2, -0.15) is 0 Å². The lowest BCUT2D eigenvalue weighted by Crippen LogP contribution is -2.30. The summed E-state index contributed by atoms with van der Waals surface area (Å²) in [5.74, 6) is 0.0171. The first kappa shape index (κ1) is 15.8. The molecule has 1 aromatic rings. The largest absolute Gasteiger partial charge is 0.391 e. The van der Waals surface area contributed by atoms with Crippen LogP contribution in [0.25, 0.3) is 0 Å². The van der Waals surface area contributed by atoms with Crippen molar-refractivity contribution in [3.63, 3.8) is 0 Å². The molecule has 1 aromatic carbocycles. The molecule has 116 valence electrons. The van der Waals surface area contributed by atoms with Gasteiger partial charge in [0.05, 0.1) is 6.10 Å². The Balaban J connectivity index is 2.15. The quantitative estimate of drug-likeness (QED) is 0.900. The van der Waals surface area contributed by atoms with Crippen LogP contribution in [0.2, 0.25) is 0 Å². The molecule has 1 aliphatic heterocycles. The molecule has 0 bridgehead atoms. The Labute approximate surface area is 127 Å². The van der Waals surface area contributed by atoms with E-state index in [9.17, 15) is 9.90 Å². The monoisotopic (exact) mass is 290 g/mol. The van der Waals surface area contributed by atoms with Gasteiger partial charge in [0.15, 0.2) is 0 Å². The Morgan fingerprint density at radius 1 is 1.43 bits per heavy atom. The van der Waals surface area contributed by atoms with Gasteiger partial charge >= 0.3 is 0 Å². The number of amides is 1. The summed E-state index contributed by atoms with van der Waals surface area (Å²) in [5, 5.41) is 13.0. The van der Waals surface area contributed by atoms with Crippen molar-refractivity contribution in [1.82, 2.24) is 4.90 Å². The van der Waals surface area contributed by atoms with Crippen molar-refractivity contribution in [2.45, 2.75) is 40.2 Å². The van der Waals surface area contributed by atoms with E-state index in [1.54, 1.807) is 4.90 Å². The Hall–Kier alpha value is -1.55. The number of likely N-dealkylation sites (tertiary alicyclic amines) is 1. The fourth-order valence-corrected chi connectivity index (χ4v) is 2.52. The predicted molar refractivity (Wildman–Crippen MR) is 85.7 cm³/mol. The summed E-state index contributed by atoms with van der Waals surface area (Å²) in [6.07, 6.45) is 0.295. The highest BCUT2D eigenvalue weighted by molar-refractivity contribution is 5.97. The zero-order chi connectivity index (χ0) is 15.6. The Kier molecular flexibility index (Phi) is 4.57. The molecule has 4 heteroatoms. The molecule has 1 saturated heterocycles. The molecule has 0 unspecified atom stereocenters. The molecule has 2 N–H and O–H groups in total. The highest BCUT2D eigenvalue weighted by Crippen LogP contribution is 2.24. The Morgan fingerprint density at radius 3 is 2.71 bits per heavy atom. The average molecular weight is 290 g/mol. The van der Waals surface area contributed by atoms with Gasteiger partial charge in [-0.05, 0) is 36.5 Å². The van der Waals surface area contributed by atoms with Crippen molar-refractivity contribution >= 4 is 11.6 Å². The van der Waals surface area contributed by atoms with Gasteiger partial charge in [-0.1, -0.05) is 26.8 Å². The molecule has 1 heterocycles. The SMILES string of the molecule is Cc1c(NCC(C)(C)C)cccc1C(=O)N1CC[C@@H](O)C1. The van der Waals surface area contributed by atoms with Crippen LogP contribution in [-0.4, -0.2) is 41.7 Å². The van der Waals surface area contributed by atoms with Crippen LogP contribution in [-0.2, 0) is 0 Å². The third-order valence-electron chi connectivity index (χ3n) is 3.82. The third kappa shape index (κ3) is 3.97. The zero-order valence-corrected chi connectivity index (χ0v) is 13.4. The first-order chi connectivity index (χ1) is 9.78. The third-order valence-corrected chi connectivity index (χ3v) is 3.82. The number of aliphatic hydroxyl groups is 1. The molecule has 1 aliphatic rings. The molecule has 1 atom stereocenters. The summed E-state index contributed by atoms with van der Waals surface area (Å²) in [6, 6.07) is 5.79. The van der Waals surface area contributed by atoms with Crippen molar-refractivity contribution in [3.8, 4) is 0 Å². The minimum Gasteiger partial charge on any atom is -0.391 e. The minimum atomic E-state index is -0.378. The summed E-state index contributed by atoms with van der Waals surface area (Å²) >= 11 is 0. The number of carbonyl (C=O) groups excluding carboxylic acids is 1.